The Hall–Kier alpha value is -1.25. The van der Waals surface area contributed by atoms with E-state index in [9.17, 15) is 0 Å². The standard InChI is InChI=1S/C15H13IN4S/c16-12-8-11(9-21-12)14-18-19-15-13(17-6-7-20(14)15)10-4-2-1-3-5-10/h1-5,8-9,13,17H,6-7H2. The van der Waals surface area contributed by atoms with Gasteiger partial charge in [-0.3, -0.25) is 0 Å². The molecule has 0 spiro atoms. The number of nitrogens with one attached hydrogen (secondary N) is 1. The van der Waals surface area contributed by atoms with Crippen LogP contribution in [0.15, 0.2) is 41.8 Å². The summed E-state index contributed by atoms with van der Waals surface area (Å²) in [6, 6.07) is 12.7. The molecule has 2 aromatic heterocycles. The molecule has 0 saturated heterocycles. The van der Waals surface area contributed by atoms with Gasteiger partial charge in [0, 0.05) is 24.0 Å². The topological polar surface area (TPSA) is 42.7 Å². The zero-order valence-corrected chi connectivity index (χ0v) is 14.1. The van der Waals surface area contributed by atoms with Crippen molar-refractivity contribution in [3.05, 3.63) is 56.0 Å². The second-order valence-electron chi connectivity index (χ2n) is 4.97. The van der Waals surface area contributed by atoms with Crippen molar-refractivity contribution in [2.24, 2.45) is 0 Å². The number of aromatic nitrogens is 3. The lowest BCUT2D eigenvalue weighted by atomic mass is 10.0. The Balaban J connectivity index is 1.79. The average molecular weight is 408 g/mol. The number of hydrogen-bond acceptors (Lipinski definition) is 4. The van der Waals surface area contributed by atoms with Gasteiger partial charge in [-0.05, 0) is 34.2 Å². The lowest BCUT2D eigenvalue weighted by Crippen LogP contribution is -2.34. The van der Waals surface area contributed by atoms with E-state index in [1.165, 1.54) is 8.45 Å². The Bertz CT molecular complexity index is 765. The van der Waals surface area contributed by atoms with Gasteiger partial charge in [-0.1, -0.05) is 30.3 Å². The van der Waals surface area contributed by atoms with Gasteiger partial charge in [-0.2, -0.15) is 0 Å². The SMILES string of the molecule is Ic1cc(-c2nnc3n2CCNC3c2ccccc2)cs1. The molecule has 4 nitrogen and oxygen atoms in total. The third-order valence-corrected chi connectivity index (χ3v) is 5.47. The van der Waals surface area contributed by atoms with Gasteiger partial charge in [-0.25, -0.2) is 0 Å². The van der Waals surface area contributed by atoms with Crippen molar-refractivity contribution in [1.29, 1.82) is 0 Å². The smallest absolute Gasteiger partial charge is 0.164 e. The lowest BCUT2D eigenvalue weighted by Gasteiger charge is -2.25. The molecule has 1 aliphatic rings. The van der Waals surface area contributed by atoms with Crippen molar-refractivity contribution in [2.75, 3.05) is 6.54 Å². The van der Waals surface area contributed by atoms with Gasteiger partial charge in [0.2, 0.25) is 0 Å². The van der Waals surface area contributed by atoms with Crippen LogP contribution in [0.25, 0.3) is 11.4 Å². The van der Waals surface area contributed by atoms with Crippen molar-refractivity contribution < 1.29 is 0 Å². The van der Waals surface area contributed by atoms with E-state index < -0.39 is 0 Å². The fraction of sp³-hybridized carbons (Fsp3) is 0.200. The minimum absolute atomic E-state index is 0.124. The van der Waals surface area contributed by atoms with E-state index in [0.29, 0.717) is 0 Å². The number of halogens is 1. The number of thiophene rings is 1. The van der Waals surface area contributed by atoms with Crippen LogP contribution in [0.3, 0.4) is 0 Å². The van der Waals surface area contributed by atoms with Gasteiger partial charge in [0.05, 0.1) is 8.93 Å². The second-order valence-corrected chi connectivity index (χ2v) is 7.78. The summed E-state index contributed by atoms with van der Waals surface area (Å²) in [5, 5.41) is 14.6. The van der Waals surface area contributed by atoms with Crippen molar-refractivity contribution in [2.45, 2.75) is 12.6 Å². The minimum Gasteiger partial charge on any atom is -0.308 e. The average Bonchev–Trinajstić information content (AvgIpc) is 3.13. The molecule has 1 aromatic carbocycles. The maximum atomic E-state index is 4.45. The first-order valence-corrected chi connectivity index (χ1v) is 8.74. The van der Waals surface area contributed by atoms with Crippen LogP contribution in [0, 0.1) is 2.88 Å². The Morgan fingerprint density at radius 1 is 1.24 bits per heavy atom. The van der Waals surface area contributed by atoms with Crippen molar-refractivity contribution in [3.8, 4) is 11.4 Å². The highest BCUT2D eigenvalue weighted by atomic mass is 127. The lowest BCUT2D eigenvalue weighted by molar-refractivity contribution is 0.458. The molecule has 0 bridgehead atoms. The summed E-state index contributed by atoms with van der Waals surface area (Å²) >= 11 is 4.08. The Morgan fingerprint density at radius 3 is 2.86 bits per heavy atom. The molecule has 3 aromatic rings. The molecule has 3 heterocycles. The van der Waals surface area contributed by atoms with Crippen LogP contribution in [0.4, 0.5) is 0 Å². The molecule has 0 saturated carbocycles. The molecule has 0 amide bonds. The maximum absolute atomic E-state index is 4.45. The predicted octanol–water partition coefficient (Wildman–Crippen LogP) is 3.30. The van der Waals surface area contributed by atoms with Crippen LogP contribution in [0.2, 0.25) is 0 Å². The summed E-state index contributed by atoms with van der Waals surface area (Å²) < 4.78 is 3.51. The van der Waals surface area contributed by atoms with Crippen molar-refractivity contribution in [1.82, 2.24) is 20.1 Å². The molecule has 0 radical (unpaired) electrons. The molecular weight excluding hydrogens is 395 g/mol. The molecule has 1 N–H and O–H groups in total. The molecule has 0 aliphatic carbocycles. The van der Waals surface area contributed by atoms with Crippen LogP contribution in [0.1, 0.15) is 17.4 Å². The minimum atomic E-state index is 0.124. The third kappa shape index (κ3) is 2.41. The predicted molar refractivity (Wildman–Crippen MR) is 92.3 cm³/mol. The van der Waals surface area contributed by atoms with Crippen LogP contribution in [-0.4, -0.2) is 21.3 Å². The summed E-state index contributed by atoms with van der Waals surface area (Å²) in [7, 11) is 0. The maximum Gasteiger partial charge on any atom is 0.164 e. The third-order valence-electron chi connectivity index (χ3n) is 3.68. The molecule has 21 heavy (non-hydrogen) atoms. The van der Waals surface area contributed by atoms with Crippen LogP contribution in [-0.2, 0) is 6.54 Å². The number of fused-ring (bicyclic) bond motifs is 1. The number of nitrogens with zero attached hydrogens (tertiary/aromatic N) is 3. The van der Waals surface area contributed by atoms with Gasteiger partial charge in [0.25, 0.3) is 0 Å². The summed E-state index contributed by atoms with van der Waals surface area (Å²) in [4.78, 5) is 0. The molecular formula is C15H13IN4S. The molecule has 1 unspecified atom stereocenters. The highest BCUT2D eigenvalue weighted by Gasteiger charge is 2.26. The van der Waals surface area contributed by atoms with E-state index in [1.807, 2.05) is 6.07 Å². The number of benzene rings is 1. The molecule has 1 atom stereocenters. The fourth-order valence-corrected chi connectivity index (χ4v) is 4.04. The molecule has 106 valence electrons. The van der Waals surface area contributed by atoms with Gasteiger partial charge in [0.15, 0.2) is 11.6 Å². The van der Waals surface area contributed by atoms with E-state index in [0.717, 1.165) is 30.3 Å². The zero-order valence-electron chi connectivity index (χ0n) is 11.2. The Kier molecular flexibility index (Phi) is 3.52. The second kappa shape index (κ2) is 5.51. The summed E-state index contributed by atoms with van der Waals surface area (Å²) in [5.74, 6) is 1.98. The van der Waals surface area contributed by atoms with Gasteiger partial charge in [0.1, 0.15) is 0 Å². The van der Waals surface area contributed by atoms with Gasteiger partial charge < -0.3 is 9.88 Å². The van der Waals surface area contributed by atoms with Crippen LogP contribution in [0.5, 0.6) is 0 Å². The molecule has 6 heteroatoms. The van der Waals surface area contributed by atoms with Crippen LogP contribution >= 0.6 is 33.9 Å². The van der Waals surface area contributed by atoms with E-state index in [1.54, 1.807) is 11.3 Å². The molecule has 0 fully saturated rings. The quantitative estimate of drug-likeness (QED) is 0.662. The van der Waals surface area contributed by atoms with Crippen molar-refractivity contribution >= 4 is 33.9 Å². The summed E-state index contributed by atoms with van der Waals surface area (Å²) in [5.41, 5.74) is 2.40. The first kappa shape index (κ1) is 13.4. The van der Waals surface area contributed by atoms with Gasteiger partial charge in [-0.15, -0.1) is 21.5 Å². The monoisotopic (exact) mass is 408 g/mol. The fourth-order valence-electron chi connectivity index (χ4n) is 2.71. The number of rotatable bonds is 2. The van der Waals surface area contributed by atoms with E-state index in [-0.39, 0.29) is 6.04 Å². The zero-order chi connectivity index (χ0) is 14.2. The normalized spacial score (nSPS) is 17.7. The first-order chi connectivity index (χ1) is 10.3. The number of hydrogen-bond donors (Lipinski definition) is 1. The Morgan fingerprint density at radius 2 is 2.10 bits per heavy atom. The van der Waals surface area contributed by atoms with Gasteiger partial charge >= 0.3 is 0 Å². The largest absolute Gasteiger partial charge is 0.308 e. The Labute approximate surface area is 140 Å². The van der Waals surface area contributed by atoms with E-state index in [2.05, 4.69) is 78.4 Å². The highest BCUT2D eigenvalue weighted by Crippen LogP contribution is 2.30. The first-order valence-electron chi connectivity index (χ1n) is 6.79. The molecule has 1 aliphatic heterocycles. The highest BCUT2D eigenvalue weighted by molar-refractivity contribution is 14.1. The van der Waals surface area contributed by atoms with Crippen molar-refractivity contribution in [3.63, 3.8) is 0 Å². The van der Waals surface area contributed by atoms with Crippen LogP contribution < -0.4 is 5.32 Å². The summed E-state index contributed by atoms with van der Waals surface area (Å²) in [6.07, 6.45) is 0. The molecule has 4 rings (SSSR count). The summed E-state index contributed by atoms with van der Waals surface area (Å²) in [6.45, 7) is 1.84. The van der Waals surface area contributed by atoms with E-state index in [4.69, 9.17) is 0 Å². The van der Waals surface area contributed by atoms with E-state index >= 15 is 0 Å².